The van der Waals surface area contributed by atoms with Gasteiger partial charge in [-0.1, -0.05) is 12.8 Å². The minimum atomic E-state index is 0.424. The molecule has 0 unspecified atom stereocenters. The first kappa shape index (κ1) is 13.9. The summed E-state index contributed by atoms with van der Waals surface area (Å²) in [6.45, 7) is 2.67. The van der Waals surface area contributed by atoms with Crippen molar-refractivity contribution in [3.8, 4) is 0 Å². The molecule has 1 aromatic heterocycles. The van der Waals surface area contributed by atoms with Crippen molar-refractivity contribution in [3.63, 3.8) is 0 Å². The number of fused-ring (bicyclic) bond motifs is 1. The lowest BCUT2D eigenvalue weighted by Gasteiger charge is -2.43. The quantitative estimate of drug-likeness (QED) is 0.804. The highest BCUT2D eigenvalue weighted by atomic mass is 32.1. The second-order valence-corrected chi connectivity index (χ2v) is 7.05. The van der Waals surface area contributed by atoms with Crippen LogP contribution in [-0.4, -0.2) is 44.5 Å². The van der Waals surface area contributed by atoms with Crippen LogP contribution >= 0.6 is 12.2 Å². The van der Waals surface area contributed by atoms with Gasteiger partial charge in [0.2, 0.25) is 0 Å². The van der Waals surface area contributed by atoms with Crippen LogP contribution in [0.2, 0.25) is 0 Å². The van der Waals surface area contributed by atoms with Gasteiger partial charge in [0.25, 0.3) is 0 Å². The Hall–Kier alpha value is -0.720. The maximum absolute atomic E-state index is 5.95. The van der Waals surface area contributed by atoms with E-state index in [0.717, 1.165) is 24.6 Å². The first-order valence-electron chi connectivity index (χ1n) is 8.23. The van der Waals surface area contributed by atoms with Crippen molar-refractivity contribution in [2.24, 2.45) is 7.05 Å². The SMILES string of the molecule is Cn1c(C2CC2)nn(CN2CCO[C@@H]3CCCC[C@H]32)c1=S. The highest BCUT2D eigenvalue weighted by Gasteiger charge is 2.35. The molecule has 3 aliphatic rings. The number of morpholine rings is 1. The second-order valence-electron chi connectivity index (χ2n) is 6.69. The summed E-state index contributed by atoms with van der Waals surface area (Å²) in [5, 5.41) is 4.80. The van der Waals surface area contributed by atoms with Crippen LogP contribution in [0.15, 0.2) is 0 Å². The molecule has 4 rings (SSSR count). The Bertz CT molecular complexity index is 575. The van der Waals surface area contributed by atoms with Gasteiger partial charge in [-0.05, 0) is 37.9 Å². The molecule has 0 radical (unpaired) electrons. The molecule has 0 aromatic carbocycles. The van der Waals surface area contributed by atoms with Gasteiger partial charge in [0.05, 0.1) is 19.4 Å². The Morgan fingerprint density at radius 2 is 2.05 bits per heavy atom. The highest BCUT2D eigenvalue weighted by molar-refractivity contribution is 7.71. The molecule has 2 saturated carbocycles. The smallest absolute Gasteiger partial charge is 0.198 e. The molecular weight excluding hydrogens is 284 g/mol. The van der Waals surface area contributed by atoms with E-state index >= 15 is 0 Å². The van der Waals surface area contributed by atoms with Crippen LogP contribution in [0.3, 0.4) is 0 Å². The molecular formula is C15H24N4OS. The minimum Gasteiger partial charge on any atom is -0.375 e. The molecule has 5 nitrogen and oxygen atoms in total. The van der Waals surface area contributed by atoms with Crippen molar-refractivity contribution in [2.75, 3.05) is 13.2 Å². The van der Waals surface area contributed by atoms with Crippen LogP contribution in [0.5, 0.6) is 0 Å². The molecule has 1 saturated heterocycles. The van der Waals surface area contributed by atoms with E-state index in [-0.39, 0.29) is 0 Å². The predicted octanol–water partition coefficient (Wildman–Crippen LogP) is 2.43. The van der Waals surface area contributed by atoms with Gasteiger partial charge < -0.3 is 9.30 Å². The summed E-state index contributed by atoms with van der Waals surface area (Å²) >= 11 is 5.58. The maximum atomic E-state index is 5.95. The summed E-state index contributed by atoms with van der Waals surface area (Å²) in [5.74, 6) is 1.82. The number of nitrogens with zero attached hydrogens (tertiary/aromatic N) is 4. The van der Waals surface area contributed by atoms with Crippen molar-refractivity contribution < 1.29 is 4.74 Å². The van der Waals surface area contributed by atoms with Crippen LogP contribution in [0.1, 0.15) is 50.3 Å². The Morgan fingerprint density at radius 3 is 2.86 bits per heavy atom. The average molecular weight is 308 g/mol. The maximum Gasteiger partial charge on any atom is 0.198 e. The minimum absolute atomic E-state index is 0.424. The fourth-order valence-electron chi connectivity index (χ4n) is 3.82. The number of ether oxygens (including phenoxy) is 1. The van der Waals surface area contributed by atoms with Crippen LogP contribution in [0, 0.1) is 4.77 Å². The molecule has 3 fully saturated rings. The third-order valence-electron chi connectivity index (χ3n) is 5.18. The zero-order valence-corrected chi connectivity index (χ0v) is 13.5. The molecule has 1 aliphatic heterocycles. The summed E-state index contributed by atoms with van der Waals surface area (Å²) in [5.41, 5.74) is 0. The zero-order valence-electron chi connectivity index (χ0n) is 12.7. The van der Waals surface area contributed by atoms with Crippen LogP contribution < -0.4 is 0 Å². The van der Waals surface area contributed by atoms with Gasteiger partial charge in [0.1, 0.15) is 5.82 Å². The summed E-state index contributed by atoms with van der Waals surface area (Å²) in [4.78, 5) is 2.53. The van der Waals surface area contributed by atoms with Gasteiger partial charge >= 0.3 is 0 Å². The molecule has 0 bridgehead atoms. The van der Waals surface area contributed by atoms with Crippen molar-refractivity contribution in [1.29, 1.82) is 0 Å². The molecule has 2 aliphatic carbocycles. The van der Waals surface area contributed by atoms with E-state index in [0.29, 0.717) is 18.1 Å². The third-order valence-corrected chi connectivity index (χ3v) is 5.66. The first-order chi connectivity index (χ1) is 10.2. The van der Waals surface area contributed by atoms with E-state index in [1.54, 1.807) is 0 Å². The molecule has 0 N–H and O–H groups in total. The molecule has 1 aromatic rings. The Morgan fingerprint density at radius 1 is 1.24 bits per heavy atom. The first-order valence-corrected chi connectivity index (χ1v) is 8.64. The van der Waals surface area contributed by atoms with Gasteiger partial charge in [-0.25, -0.2) is 4.68 Å². The lowest BCUT2D eigenvalue weighted by Crippen LogP contribution is -2.52. The zero-order chi connectivity index (χ0) is 14.4. The standard InChI is InChI=1S/C15H24N4OS/c1-17-14(11-6-7-11)16-19(15(17)21)10-18-8-9-20-13-5-3-2-4-12(13)18/h11-13H,2-10H2,1H3/t12-,13-/m1/s1. The van der Waals surface area contributed by atoms with E-state index in [1.807, 2.05) is 4.68 Å². The molecule has 0 amide bonds. The highest BCUT2D eigenvalue weighted by Crippen LogP contribution is 2.39. The molecule has 21 heavy (non-hydrogen) atoms. The monoisotopic (exact) mass is 308 g/mol. The summed E-state index contributed by atoms with van der Waals surface area (Å²) in [7, 11) is 2.06. The van der Waals surface area contributed by atoms with Gasteiger partial charge in [0.15, 0.2) is 4.77 Å². The van der Waals surface area contributed by atoms with Gasteiger partial charge in [-0.2, -0.15) is 5.10 Å². The number of hydrogen-bond donors (Lipinski definition) is 0. The van der Waals surface area contributed by atoms with Crippen molar-refractivity contribution >= 4 is 12.2 Å². The summed E-state index contributed by atoms with van der Waals surface area (Å²) < 4.78 is 10.9. The van der Waals surface area contributed by atoms with Gasteiger partial charge in [-0.15, -0.1) is 0 Å². The molecule has 6 heteroatoms. The van der Waals surface area contributed by atoms with E-state index in [9.17, 15) is 0 Å². The Kier molecular flexibility index (Phi) is 3.63. The fraction of sp³-hybridized carbons (Fsp3) is 0.867. The van der Waals surface area contributed by atoms with Gasteiger partial charge in [-0.3, -0.25) is 4.90 Å². The predicted molar refractivity (Wildman–Crippen MR) is 82.7 cm³/mol. The van der Waals surface area contributed by atoms with E-state index in [1.165, 1.54) is 44.3 Å². The normalized spacial score (nSPS) is 30.3. The summed E-state index contributed by atoms with van der Waals surface area (Å²) in [6.07, 6.45) is 8.05. The topological polar surface area (TPSA) is 35.2 Å². The fourth-order valence-corrected chi connectivity index (χ4v) is 4.01. The van der Waals surface area contributed by atoms with E-state index in [4.69, 9.17) is 22.1 Å². The number of rotatable bonds is 3. The van der Waals surface area contributed by atoms with Crippen molar-refractivity contribution in [3.05, 3.63) is 10.6 Å². The van der Waals surface area contributed by atoms with E-state index in [2.05, 4.69) is 16.5 Å². The number of hydrogen-bond acceptors (Lipinski definition) is 4. The van der Waals surface area contributed by atoms with Crippen molar-refractivity contribution in [2.45, 2.75) is 63.3 Å². The molecule has 116 valence electrons. The average Bonchev–Trinajstić information content (AvgIpc) is 3.31. The molecule has 2 atom stereocenters. The molecule has 0 spiro atoms. The Labute approximate surface area is 130 Å². The van der Waals surface area contributed by atoms with Crippen LogP contribution in [-0.2, 0) is 18.5 Å². The van der Waals surface area contributed by atoms with Crippen molar-refractivity contribution in [1.82, 2.24) is 19.2 Å². The largest absolute Gasteiger partial charge is 0.375 e. The van der Waals surface area contributed by atoms with E-state index < -0.39 is 0 Å². The molecule has 2 heterocycles. The van der Waals surface area contributed by atoms with Gasteiger partial charge in [0, 0.05) is 25.6 Å². The summed E-state index contributed by atoms with van der Waals surface area (Å²) in [6, 6.07) is 0.556. The second kappa shape index (κ2) is 5.48. The third kappa shape index (κ3) is 2.58. The lowest BCUT2D eigenvalue weighted by atomic mass is 9.90. The number of aromatic nitrogens is 3. The van der Waals surface area contributed by atoms with Crippen LogP contribution in [0.25, 0.3) is 0 Å². The van der Waals surface area contributed by atoms with Crippen LogP contribution in [0.4, 0.5) is 0 Å². The lowest BCUT2D eigenvalue weighted by molar-refractivity contribution is -0.0994. The Balaban J connectivity index is 1.54.